The van der Waals surface area contributed by atoms with Crippen LogP contribution >= 0.6 is 0 Å². The number of para-hydroxylation sites is 1. The number of hydrogen-bond acceptors (Lipinski definition) is 6. The van der Waals surface area contributed by atoms with Crippen molar-refractivity contribution in [3.05, 3.63) is 58.6 Å². The van der Waals surface area contributed by atoms with E-state index in [9.17, 15) is 23.3 Å². The molecule has 0 spiro atoms. The van der Waals surface area contributed by atoms with Crippen LogP contribution in [0.5, 0.6) is 5.75 Å². The topological polar surface area (TPSA) is 119 Å². The maximum Gasteiger partial charge on any atom is 0.271 e. The van der Waals surface area contributed by atoms with Gasteiger partial charge in [-0.05, 0) is 25.1 Å². The van der Waals surface area contributed by atoms with Gasteiger partial charge in [0.2, 0.25) is 15.9 Å². The van der Waals surface area contributed by atoms with Gasteiger partial charge in [0.15, 0.2) is 0 Å². The number of methoxy groups -OCH3 is 1. The largest absolute Gasteiger partial charge is 0.495 e. The molecule has 9 nitrogen and oxygen atoms in total. The van der Waals surface area contributed by atoms with Gasteiger partial charge in [0.05, 0.1) is 29.7 Å². The van der Waals surface area contributed by atoms with E-state index in [-0.39, 0.29) is 17.1 Å². The first kappa shape index (κ1) is 20.2. The van der Waals surface area contributed by atoms with E-state index >= 15 is 0 Å². The Labute approximate surface area is 156 Å². The Hall–Kier alpha value is -3.14. The molecule has 2 aromatic carbocycles. The highest BCUT2D eigenvalue weighted by molar-refractivity contribution is 7.92. The molecule has 0 unspecified atom stereocenters. The Bertz CT molecular complexity index is 946. The van der Waals surface area contributed by atoms with Crippen molar-refractivity contribution in [1.29, 1.82) is 0 Å². The molecule has 0 bridgehead atoms. The minimum Gasteiger partial charge on any atom is -0.495 e. The number of nitrogens with one attached hydrogen (secondary N) is 1. The van der Waals surface area contributed by atoms with Gasteiger partial charge < -0.3 is 10.1 Å². The number of nitro groups is 1. The highest BCUT2D eigenvalue weighted by atomic mass is 32.2. The summed E-state index contributed by atoms with van der Waals surface area (Å²) in [7, 11) is -2.40. The zero-order chi connectivity index (χ0) is 20.2. The van der Waals surface area contributed by atoms with Crippen LogP contribution in [-0.2, 0) is 14.8 Å². The molecule has 2 aromatic rings. The first-order valence-electron chi connectivity index (χ1n) is 7.83. The molecular weight excluding hydrogens is 374 g/mol. The molecule has 1 N–H and O–H groups in total. The summed E-state index contributed by atoms with van der Waals surface area (Å²) in [4.78, 5) is 23.0. The number of ether oxygens (including phenoxy) is 1. The van der Waals surface area contributed by atoms with Gasteiger partial charge in [0.1, 0.15) is 11.8 Å². The molecule has 0 fully saturated rings. The van der Waals surface area contributed by atoms with E-state index in [1.54, 1.807) is 30.3 Å². The fourth-order valence-electron chi connectivity index (χ4n) is 2.53. The Morgan fingerprint density at radius 2 is 1.85 bits per heavy atom. The first-order valence-corrected chi connectivity index (χ1v) is 9.67. The van der Waals surface area contributed by atoms with Crippen LogP contribution in [0.3, 0.4) is 0 Å². The highest BCUT2D eigenvalue weighted by Gasteiger charge is 2.29. The predicted octanol–water partition coefficient (Wildman–Crippen LogP) is 2.40. The van der Waals surface area contributed by atoms with E-state index in [0.29, 0.717) is 5.69 Å². The zero-order valence-corrected chi connectivity index (χ0v) is 15.8. The lowest BCUT2D eigenvalue weighted by molar-refractivity contribution is -0.384. The number of rotatable bonds is 7. The SMILES string of the molecule is COc1ccc([N+](=O)[O-])cc1NC(=O)[C@@H](C)N(c1ccccc1)S(C)(=O)=O. The molecule has 0 saturated heterocycles. The van der Waals surface area contributed by atoms with Crippen LogP contribution < -0.4 is 14.4 Å². The summed E-state index contributed by atoms with van der Waals surface area (Å²) < 4.78 is 30.5. The van der Waals surface area contributed by atoms with Gasteiger partial charge in [-0.25, -0.2) is 8.42 Å². The summed E-state index contributed by atoms with van der Waals surface area (Å²) >= 11 is 0. The van der Waals surface area contributed by atoms with E-state index in [1.807, 2.05) is 0 Å². The summed E-state index contributed by atoms with van der Waals surface area (Å²) in [5.41, 5.74) is 0.167. The van der Waals surface area contributed by atoms with Crippen LogP contribution in [0.15, 0.2) is 48.5 Å². The molecular formula is C17H19N3O6S. The van der Waals surface area contributed by atoms with Gasteiger partial charge in [0, 0.05) is 12.1 Å². The minimum absolute atomic E-state index is 0.0741. The van der Waals surface area contributed by atoms with Crippen molar-refractivity contribution in [2.75, 3.05) is 23.0 Å². The molecule has 1 atom stereocenters. The fourth-order valence-corrected chi connectivity index (χ4v) is 3.70. The normalized spacial score (nSPS) is 12.1. The summed E-state index contributed by atoms with van der Waals surface area (Å²) in [5.74, 6) is -0.449. The molecule has 0 aliphatic heterocycles. The standard InChI is InChI=1S/C17H19N3O6S/c1-12(19(27(3,24)25)13-7-5-4-6-8-13)17(21)18-15-11-14(20(22)23)9-10-16(15)26-2/h4-12H,1-3H3,(H,18,21)/t12-/m1/s1. The van der Waals surface area contributed by atoms with Gasteiger partial charge in [0.25, 0.3) is 5.69 Å². The fraction of sp³-hybridized carbons (Fsp3) is 0.235. The summed E-state index contributed by atoms with van der Waals surface area (Å²) in [5, 5.41) is 13.5. The second kappa shape index (κ2) is 8.04. The number of non-ortho nitro benzene ring substituents is 1. The van der Waals surface area contributed by atoms with Crippen molar-refractivity contribution < 1.29 is 22.9 Å². The number of anilines is 2. The van der Waals surface area contributed by atoms with Gasteiger partial charge in [-0.15, -0.1) is 0 Å². The number of nitrogens with zero attached hydrogens (tertiary/aromatic N) is 2. The van der Waals surface area contributed by atoms with E-state index in [2.05, 4.69) is 5.32 Å². The van der Waals surface area contributed by atoms with Crippen LogP contribution in [0.2, 0.25) is 0 Å². The molecule has 0 saturated carbocycles. The number of hydrogen-bond donors (Lipinski definition) is 1. The van der Waals surface area contributed by atoms with Crippen molar-refractivity contribution in [2.24, 2.45) is 0 Å². The molecule has 27 heavy (non-hydrogen) atoms. The summed E-state index contributed by atoms with van der Waals surface area (Å²) in [6, 6.07) is 10.8. The number of nitro benzene ring substituents is 1. The third-order valence-corrected chi connectivity index (χ3v) is 4.99. The second-order valence-electron chi connectivity index (χ2n) is 5.70. The summed E-state index contributed by atoms with van der Waals surface area (Å²) in [6.07, 6.45) is 0.998. The van der Waals surface area contributed by atoms with Crippen LogP contribution in [0.25, 0.3) is 0 Å². The Balaban J connectivity index is 2.36. The smallest absolute Gasteiger partial charge is 0.271 e. The Kier molecular flexibility index (Phi) is 6.01. The lowest BCUT2D eigenvalue weighted by Gasteiger charge is -2.28. The monoisotopic (exact) mass is 393 g/mol. The molecule has 144 valence electrons. The maximum atomic E-state index is 12.7. The highest BCUT2D eigenvalue weighted by Crippen LogP contribution is 2.29. The van der Waals surface area contributed by atoms with Crippen molar-refractivity contribution >= 4 is 33.0 Å². The molecule has 0 aromatic heterocycles. The number of carbonyl (C=O) groups is 1. The third kappa shape index (κ3) is 4.73. The predicted molar refractivity (Wildman–Crippen MR) is 102 cm³/mol. The minimum atomic E-state index is -3.76. The van der Waals surface area contributed by atoms with E-state index in [0.717, 1.165) is 16.6 Å². The lowest BCUT2D eigenvalue weighted by atomic mass is 10.2. The third-order valence-electron chi connectivity index (χ3n) is 3.75. The molecule has 0 aliphatic carbocycles. The van der Waals surface area contributed by atoms with Crippen LogP contribution in [-0.4, -0.2) is 38.7 Å². The van der Waals surface area contributed by atoms with Gasteiger partial charge in [-0.2, -0.15) is 0 Å². The number of amides is 1. The number of sulfonamides is 1. The van der Waals surface area contributed by atoms with Gasteiger partial charge in [-0.3, -0.25) is 19.2 Å². The molecule has 0 aliphatic rings. The average molecular weight is 393 g/mol. The summed E-state index contributed by atoms with van der Waals surface area (Å²) in [6.45, 7) is 1.42. The molecule has 2 rings (SSSR count). The number of benzene rings is 2. The second-order valence-corrected chi connectivity index (χ2v) is 7.56. The molecule has 0 heterocycles. The number of carbonyl (C=O) groups excluding carboxylic acids is 1. The molecule has 1 amide bonds. The van der Waals surface area contributed by atoms with E-state index < -0.39 is 26.9 Å². The van der Waals surface area contributed by atoms with Crippen molar-refractivity contribution in [3.63, 3.8) is 0 Å². The Morgan fingerprint density at radius 3 is 2.37 bits per heavy atom. The maximum absolute atomic E-state index is 12.7. The van der Waals surface area contributed by atoms with Gasteiger partial charge in [-0.1, -0.05) is 18.2 Å². The first-order chi connectivity index (χ1) is 12.6. The lowest BCUT2D eigenvalue weighted by Crippen LogP contribution is -2.45. The quantitative estimate of drug-likeness (QED) is 0.570. The average Bonchev–Trinajstić information content (AvgIpc) is 2.61. The van der Waals surface area contributed by atoms with Crippen molar-refractivity contribution in [1.82, 2.24) is 0 Å². The molecule has 10 heteroatoms. The Morgan fingerprint density at radius 1 is 1.22 bits per heavy atom. The van der Waals surface area contributed by atoms with E-state index in [1.165, 1.54) is 26.2 Å². The molecule has 0 radical (unpaired) electrons. The van der Waals surface area contributed by atoms with Crippen LogP contribution in [0, 0.1) is 10.1 Å². The van der Waals surface area contributed by atoms with Crippen molar-refractivity contribution in [3.8, 4) is 5.75 Å². The van der Waals surface area contributed by atoms with Crippen LogP contribution in [0.4, 0.5) is 17.1 Å². The van der Waals surface area contributed by atoms with Crippen LogP contribution in [0.1, 0.15) is 6.92 Å². The zero-order valence-electron chi connectivity index (χ0n) is 14.9. The van der Waals surface area contributed by atoms with E-state index in [4.69, 9.17) is 4.74 Å². The van der Waals surface area contributed by atoms with Gasteiger partial charge >= 0.3 is 0 Å². The van der Waals surface area contributed by atoms with Crippen molar-refractivity contribution in [2.45, 2.75) is 13.0 Å².